The van der Waals surface area contributed by atoms with Crippen molar-refractivity contribution in [2.75, 3.05) is 12.4 Å². The Balaban J connectivity index is 2.50. The van der Waals surface area contributed by atoms with Crippen molar-refractivity contribution in [2.24, 2.45) is 0 Å². The Morgan fingerprint density at radius 2 is 1.83 bits per heavy atom. The zero-order valence-corrected chi connectivity index (χ0v) is 11.2. The van der Waals surface area contributed by atoms with Gasteiger partial charge in [-0.25, -0.2) is 4.79 Å². The van der Waals surface area contributed by atoms with Gasteiger partial charge in [-0.1, -0.05) is 12.1 Å². The van der Waals surface area contributed by atoms with Crippen molar-refractivity contribution in [1.82, 2.24) is 5.48 Å². The van der Waals surface area contributed by atoms with Gasteiger partial charge in [0, 0.05) is 12.2 Å². The molecule has 2 N–H and O–H groups in total. The predicted molar refractivity (Wildman–Crippen MR) is 70.1 cm³/mol. The normalized spacial score (nSPS) is 11.1. The van der Waals surface area contributed by atoms with E-state index in [1.807, 2.05) is 45.0 Å². The molecule has 5 nitrogen and oxygen atoms in total. The molecule has 1 aromatic carbocycles. The van der Waals surface area contributed by atoms with E-state index in [4.69, 9.17) is 9.57 Å². The summed E-state index contributed by atoms with van der Waals surface area (Å²) in [6, 6.07) is 7.44. The van der Waals surface area contributed by atoms with Gasteiger partial charge in [0.15, 0.2) is 0 Å². The predicted octanol–water partition coefficient (Wildman–Crippen LogP) is 2.68. The standard InChI is InChI=1S/C13H20N2O3/c1-13(2,3)18-12(16)15-11-7-5-10(6-8-11)9-14-17-4/h5-8,14H,9H2,1-4H3,(H,15,16). The Morgan fingerprint density at radius 1 is 1.22 bits per heavy atom. The average molecular weight is 252 g/mol. The minimum atomic E-state index is -0.494. The fourth-order valence-corrected chi connectivity index (χ4v) is 1.28. The molecule has 0 saturated carbocycles. The van der Waals surface area contributed by atoms with Crippen molar-refractivity contribution in [3.05, 3.63) is 29.8 Å². The van der Waals surface area contributed by atoms with E-state index >= 15 is 0 Å². The summed E-state index contributed by atoms with van der Waals surface area (Å²) in [6.45, 7) is 6.09. The molecule has 0 bridgehead atoms. The first-order valence-corrected chi connectivity index (χ1v) is 5.75. The number of rotatable bonds is 4. The Kier molecular flexibility index (Phi) is 5.12. The average Bonchev–Trinajstić information content (AvgIpc) is 2.25. The van der Waals surface area contributed by atoms with Crippen molar-refractivity contribution >= 4 is 11.8 Å². The van der Waals surface area contributed by atoms with Crippen LogP contribution in [0.1, 0.15) is 26.3 Å². The molecule has 1 rings (SSSR count). The molecular weight excluding hydrogens is 232 g/mol. The first kappa shape index (κ1) is 14.5. The molecule has 0 unspecified atom stereocenters. The molecule has 1 aromatic rings. The summed E-state index contributed by atoms with van der Waals surface area (Å²) < 4.78 is 5.15. The number of carbonyl (C=O) groups is 1. The smallest absolute Gasteiger partial charge is 0.412 e. The molecule has 0 radical (unpaired) electrons. The van der Waals surface area contributed by atoms with Gasteiger partial charge in [-0.2, -0.15) is 5.48 Å². The zero-order valence-electron chi connectivity index (χ0n) is 11.2. The summed E-state index contributed by atoms with van der Waals surface area (Å²) in [5.74, 6) is 0. The zero-order chi connectivity index (χ0) is 13.6. The van der Waals surface area contributed by atoms with Gasteiger partial charge >= 0.3 is 6.09 Å². The molecule has 0 spiro atoms. The van der Waals surface area contributed by atoms with Crippen LogP contribution >= 0.6 is 0 Å². The summed E-state index contributed by atoms with van der Waals surface area (Å²) in [5, 5.41) is 2.67. The molecule has 0 atom stereocenters. The highest BCUT2D eigenvalue weighted by Crippen LogP contribution is 2.12. The van der Waals surface area contributed by atoms with Crippen molar-refractivity contribution < 1.29 is 14.4 Å². The Hall–Kier alpha value is -1.59. The lowest BCUT2D eigenvalue weighted by atomic mass is 10.2. The molecule has 0 aromatic heterocycles. The van der Waals surface area contributed by atoms with Crippen LogP contribution in [-0.4, -0.2) is 18.8 Å². The van der Waals surface area contributed by atoms with Crippen LogP contribution in [0.4, 0.5) is 10.5 Å². The van der Waals surface area contributed by atoms with Crippen LogP contribution < -0.4 is 10.8 Å². The van der Waals surface area contributed by atoms with E-state index in [0.717, 1.165) is 5.56 Å². The number of anilines is 1. The molecule has 0 aliphatic carbocycles. The van der Waals surface area contributed by atoms with Crippen molar-refractivity contribution in [3.63, 3.8) is 0 Å². The Bertz CT molecular complexity index is 382. The molecule has 1 amide bonds. The monoisotopic (exact) mass is 252 g/mol. The molecule has 0 aliphatic rings. The highest BCUT2D eigenvalue weighted by atomic mass is 16.6. The first-order valence-electron chi connectivity index (χ1n) is 5.75. The van der Waals surface area contributed by atoms with Crippen LogP contribution in [0, 0.1) is 0 Å². The third-order valence-corrected chi connectivity index (χ3v) is 2.02. The largest absolute Gasteiger partial charge is 0.444 e. The number of hydroxylamine groups is 1. The van der Waals surface area contributed by atoms with Crippen LogP contribution in [0.5, 0.6) is 0 Å². The second-order valence-electron chi connectivity index (χ2n) is 4.85. The maximum Gasteiger partial charge on any atom is 0.412 e. The van der Waals surface area contributed by atoms with E-state index in [-0.39, 0.29) is 0 Å². The molecule has 0 fully saturated rings. The van der Waals surface area contributed by atoms with Gasteiger partial charge < -0.3 is 9.57 Å². The highest BCUT2D eigenvalue weighted by Gasteiger charge is 2.15. The minimum Gasteiger partial charge on any atom is -0.444 e. The fraction of sp³-hybridized carbons (Fsp3) is 0.462. The third kappa shape index (κ3) is 5.65. The quantitative estimate of drug-likeness (QED) is 0.809. The maximum atomic E-state index is 11.5. The van der Waals surface area contributed by atoms with E-state index in [1.165, 1.54) is 0 Å². The summed E-state index contributed by atoms with van der Waals surface area (Å²) >= 11 is 0. The van der Waals surface area contributed by atoms with Crippen molar-refractivity contribution in [2.45, 2.75) is 32.9 Å². The number of ether oxygens (including phenoxy) is 1. The lowest BCUT2D eigenvalue weighted by molar-refractivity contribution is 0.0636. The number of carbonyl (C=O) groups excluding carboxylic acids is 1. The molecular formula is C13H20N2O3. The van der Waals surface area contributed by atoms with Crippen LogP contribution in [-0.2, 0) is 16.1 Å². The minimum absolute atomic E-state index is 0.453. The molecule has 0 saturated heterocycles. The lowest BCUT2D eigenvalue weighted by Gasteiger charge is -2.19. The number of hydrogen-bond donors (Lipinski definition) is 2. The van der Waals surface area contributed by atoms with E-state index in [9.17, 15) is 4.79 Å². The molecule has 100 valence electrons. The van der Waals surface area contributed by atoms with Crippen LogP contribution in [0.15, 0.2) is 24.3 Å². The van der Waals surface area contributed by atoms with Gasteiger partial charge in [0.1, 0.15) is 5.60 Å². The number of nitrogens with one attached hydrogen (secondary N) is 2. The number of benzene rings is 1. The number of amides is 1. The van der Waals surface area contributed by atoms with E-state index in [1.54, 1.807) is 7.11 Å². The van der Waals surface area contributed by atoms with Gasteiger partial charge in [-0.15, -0.1) is 0 Å². The summed E-state index contributed by atoms with van der Waals surface area (Å²) in [7, 11) is 1.57. The van der Waals surface area contributed by atoms with Gasteiger partial charge in [0.25, 0.3) is 0 Å². The summed E-state index contributed by atoms with van der Waals surface area (Å²) in [6.07, 6.45) is -0.453. The van der Waals surface area contributed by atoms with E-state index in [2.05, 4.69) is 10.8 Å². The van der Waals surface area contributed by atoms with Crippen LogP contribution in [0.25, 0.3) is 0 Å². The highest BCUT2D eigenvalue weighted by molar-refractivity contribution is 5.84. The molecule has 0 aliphatic heterocycles. The van der Waals surface area contributed by atoms with Gasteiger partial charge in [0.2, 0.25) is 0 Å². The van der Waals surface area contributed by atoms with Gasteiger partial charge in [0.05, 0.1) is 7.11 Å². The van der Waals surface area contributed by atoms with Gasteiger partial charge in [-0.05, 0) is 38.5 Å². The molecule has 18 heavy (non-hydrogen) atoms. The second kappa shape index (κ2) is 6.37. The van der Waals surface area contributed by atoms with Crippen molar-refractivity contribution in [3.8, 4) is 0 Å². The van der Waals surface area contributed by atoms with E-state index in [0.29, 0.717) is 12.2 Å². The first-order chi connectivity index (χ1) is 8.40. The lowest BCUT2D eigenvalue weighted by Crippen LogP contribution is -2.27. The van der Waals surface area contributed by atoms with Crippen molar-refractivity contribution in [1.29, 1.82) is 0 Å². The Labute approximate surface area is 107 Å². The van der Waals surface area contributed by atoms with Crippen LogP contribution in [0.2, 0.25) is 0 Å². The third-order valence-electron chi connectivity index (χ3n) is 2.02. The SMILES string of the molecule is CONCc1ccc(NC(=O)OC(C)(C)C)cc1. The van der Waals surface area contributed by atoms with Gasteiger partial charge in [-0.3, -0.25) is 5.32 Å². The summed E-state index contributed by atoms with van der Waals surface area (Å²) in [4.78, 5) is 16.3. The number of hydrogen-bond acceptors (Lipinski definition) is 4. The molecule has 5 heteroatoms. The van der Waals surface area contributed by atoms with Crippen LogP contribution in [0.3, 0.4) is 0 Å². The summed E-state index contributed by atoms with van der Waals surface area (Å²) in [5.41, 5.74) is 4.01. The second-order valence-corrected chi connectivity index (χ2v) is 4.85. The molecule has 0 heterocycles. The fourth-order valence-electron chi connectivity index (χ4n) is 1.28. The topological polar surface area (TPSA) is 59.6 Å². The Morgan fingerprint density at radius 3 is 2.33 bits per heavy atom. The van der Waals surface area contributed by atoms with E-state index < -0.39 is 11.7 Å². The maximum absolute atomic E-state index is 11.5.